The molecule has 1 N–H and O–H groups in total. The molecule has 3 nitrogen and oxygen atoms in total. The molecule has 92 valence electrons. The summed E-state index contributed by atoms with van der Waals surface area (Å²) in [7, 11) is 0. The van der Waals surface area contributed by atoms with E-state index >= 15 is 0 Å². The van der Waals surface area contributed by atoms with Crippen LogP contribution in [0.2, 0.25) is 0 Å². The molecule has 0 amide bonds. The van der Waals surface area contributed by atoms with Crippen molar-refractivity contribution in [2.75, 3.05) is 13.2 Å². The summed E-state index contributed by atoms with van der Waals surface area (Å²) in [6, 6.07) is 2.35. The minimum atomic E-state index is -0.0793. The predicted molar refractivity (Wildman–Crippen MR) is 65.6 cm³/mol. The summed E-state index contributed by atoms with van der Waals surface area (Å²) < 4.78 is 10.9. The molecule has 0 aliphatic carbocycles. The van der Waals surface area contributed by atoms with Crippen LogP contribution >= 0.6 is 0 Å². The van der Waals surface area contributed by atoms with Gasteiger partial charge >= 0.3 is 0 Å². The van der Waals surface area contributed by atoms with Crippen molar-refractivity contribution in [1.82, 2.24) is 5.32 Å². The second-order valence-corrected chi connectivity index (χ2v) is 5.01. The van der Waals surface area contributed by atoms with E-state index in [-0.39, 0.29) is 5.60 Å². The molecule has 0 aliphatic heterocycles. The predicted octanol–water partition coefficient (Wildman–Crippen LogP) is 2.62. The van der Waals surface area contributed by atoms with Gasteiger partial charge in [0.1, 0.15) is 0 Å². The van der Waals surface area contributed by atoms with Crippen LogP contribution in [0.5, 0.6) is 0 Å². The first-order chi connectivity index (χ1) is 7.51. The molecule has 1 heterocycles. The van der Waals surface area contributed by atoms with Crippen molar-refractivity contribution in [3.05, 3.63) is 24.2 Å². The lowest BCUT2D eigenvalue weighted by atomic mass is 10.1. The summed E-state index contributed by atoms with van der Waals surface area (Å²) in [5, 5.41) is 3.43. The van der Waals surface area contributed by atoms with Gasteiger partial charge in [0, 0.05) is 6.04 Å². The maximum absolute atomic E-state index is 5.80. The van der Waals surface area contributed by atoms with E-state index in [0.29, 0.717) is 6.04 Å². The Kier molecular flexibility index (Phi) is 5.03. The van der Waals surface area contributed by atoms with E-state index in [4.69, 9.17) is 9.15 Å². The second kappa shape index (κ2) is 6.06. The number of ether oxygens (including phenoxy) is 1. The summed E-state index contributed by atoms with van der Waals surface area (Å²) in [6.45, 7) is 10.0. The van der Waals surface area contributed by atoms with Gasteiger partial charge < -0.3 is 14.5 Å². The maximum Gasteiger partial charge on any atom is 0.0935 e. The maximum atomic E-state index is 5.80. The van der Waals surface area contributed by atoms with E-state index in [1.807, 2.05) is 6.07 Å². The molecule has 0 saturated carbocycles. The first kappa shape index (κ1) is 13.3. The fourth-order valence-electron chi connectivity index (χ4n) is 1.52. The van der Waals surface area contributed by atoms with Gasteiger partial charge in [-0.25, -0.2) is 0 Å². The Morgan fingerprint density at radius 2 is 2.19 bits per heavy atom. The van der Waals surface area contributed by atoms with E-state index in [9.17, 15) is 0 Å². The lowest BCUT2D eigenvalue weighted by Crippen LogP contribution is -2.38. The van der Waals surface area contributed by atoms with Crippen LogP contribution in [0.25, 0.3) is 0 Å². The smallest absolute Gasteiger partial charge is 0.0935 e. The summed E-state index contributed by atoms with van der Waals surface area (Å²) >= 11 is 0. The Hall–Kier alpha value is -0.800. The number of likely N-dealkylation sites (N-methyl/N-ethyl adjacent to an activating group) is 1. The molecule has 0 saturated heterocycles. The monoisotopic (exact) mass is 225 g/mol. The van der Waals surface area contributed by atoms with Gasteiger partial charge in [0.25, 0.3) is 0 Å². The fourth-order valence-corrected chi connectivity index (χ4v) is 1.52. The number of hydrogen-bond acceptors (Lipinski definition) is 3. The van der Waals surface area contributed by atoms with Crippen molar-refractivity contribution >= 4 is 0 Å². The molecule has 1 unspecified atom stereocenters. The topological polar surface area (TPSA) is 34.4 Å². The van der Waals surface area contributed by atoms with Crippen LogP contribution in [-0.4, -0.2) is 24.8 Å². The highest BCUT2D eigenvalue weighted by Gasteiger charge is 2.15. The zero-order valence-electron chi connectivity index (χ0n) is 10.7. The zero-order chi connectivity index (χ0) is 12.0. The van der Waals surface area contributed by atoms with Crippen molar-refractivity contribution in [2.24, 2.45) is 0 Å². The minimum Gasteiger partial charge on any atom is -0.472 e. The molecule has 1 aromatic rings. The molecule has 0 spiro atoms. The van der Waals surface area contributed by atoms with Gasteiger partial charge in [-0.15, -0.1) is 0 Å². The van der Waals surface area contributed by atoms with Crippen molar-refractivity contribution in [3.8, 4) is 0 Å². The van der Waals surface area contributed by atoms with E-state index < -0.39 is 0 Å². The third-order valence-corrected chi connectivity index (χ3v) is 2.27. The molecule has 1 aromatic heterocycles. The van der Waals surface area contributed by atoms with Crippen LogP contribution in [0.1, 0.15) is 33.3 Å². The Morgan fingerprint density at radius 1 is 1.44 bits per heavy atom. The zero-order valence-corrected chi connectivity index (χ0v) is 10.7. The highest BCUT2D eigenvalue weighted by molar-refractivity contribution is 5.07. The molecule has 1 atom stereocenters. The van der Waals surface area contributed by atoms with Crippen molar-refractivity contribution < 1.29 is 9.15 Å². The van der Waals surface area contributed by atoms with Gasteiger partial charge in [-0.1, -0.05) is 6.92 Å². The molecule has 0 fully saturated rings. The number of furan rings is 1. The number of nitrogens with one attached hydrogen (secondary N) is 1. The lowest BCUT2D eigenvalue weighted by Gasteiger charge is -2.24. The normalized spacial score (nSPS) is 14.0. The summed E-state index contributed by atoms with van der Waals surface area (Å²) in [4.78, 5) is 0. The van der Waals surface area contributed by atoms with Crippen LogP contribution in [0.15, 0.2) is 23.0 Å². The number of hydrogen-bond donors (Lipinski definition) is 1. The fraction of sp³-hybridized carbons (Fsp3) is 0.692. The van der Waals surface area contributed by atoms with Gasteiger partial charge in [0.15, 0.2) is 0 Å². The van der Waals surface area contributed by atoms with Crippen LogP contribution < -0.4 is 5.32 Å². The quantitative estimate of drug-likeness (QED) is 0.808. The van der Waals surface area contributed by atoms with Crippen molar-refractivity contribution in [3.63, 3.8) is 0 Å². The average Bonchev–Trinajstić information content (AvgIpc) is 2.66. The van der Waals surface area contributed by atoms with Crippen LogP contribution in [-0.2, 0) is 11.2 Å². The number of rotatable bonds is 6. The van der Waals surface area contributed by atoms with Crippen molar-refractivity contribution in [1.29, 1.82) is 0 Å². The van der Waals surface area contributed by atoms with Gasteiger partial charge in [-0.05, 0) is 45.4 Å². The molecule has 0 radical (unpaired) electrons. The first-order valence-electron chi connectivity index (χ1n) is 5.89. The van der Waals surface area contributed by atoms with Gasteiger partial charge in [0.2, 0.25) is 0 Å². The second-order valence-electron chi connectivity index (χ2n) is 5.01. The van der Waals surface area contributed by atoms with Crippen molar-refractivity contribution in [2.45, 2.75) is 45.8 Å². The lowest BCUT2D eigenvalue weighted by molar-refractivity contribution is -0.0141. The molecule has 16 heavy (non-hydrogen) atoms. The third-order valence-electron chi connectivity index (χ3n) is 2.27. The average molecular weight is 225 g/mol. The van der Waals surface area contributed by atoms with E-state index in [1.165, 1.54) is 5.56 Å². The SMILES string of the molecule is CCNC(COC(C)(C)C)Cc1ccoc1. The van der Waals surface area contributed by atoms with Gasteiger partial charge in [0.05, 0.1) is 24.7 Å². The molecule has 0 aliphatic rings. The molecule has 1 rings (SSSR count). The summed E-state index contributed by atoms with van der Waals surface area (Å²) in [5.74, 6) is 0. The van der Waals surface area contributed by atoms with E-state index in [2.05, 4.69) is 33.0 Å². The molecule has 3 heteroatoms. The molecular formula is C13H23NO2. The van der Waals surface area contributed by atoms with Gasteiger partial charge in [-0.3, -0.25) is 0 Å². The molecular weight excluding hydrogens is 202 g/mol. The van der Waals surface area contributed by atoms with Crippen LogP contribution in [0.3, 0.4) is 0 Å². The highest BCUT2D eigenvalue weighted by Crippen LogP contribution is 2.10. The molecule has 0 aromatic carbocycles. The Morgan fingerprint density at radius 3 is 2.69 bits per heavy atom. The Labute approximate surface area is 98.2 Å². The highest BCUT2D eigenvalue weighted by atomic mass is 16.5. The van der Waals surface area contributed by atoms with Crippen LogP contribution in [0, 0.1) is 0 Å². The Balaban J connectivity index is 2.41. The Bertz CT molecular complexity index is 275. The minimum absolute atomic E-state index is 0.0793. The summed E-state index contributed by atoms with van der Waals surface area (Å²) in [6.07, 6.45) is 4.45. The molecule has 0 bridgehead atoms. The van der Waals surface area contributed by atoms with E-state index in [1.54, 1.807) is 12.5 Å². The summed E-state index contributed by atoms with van der Waals surface area (Å²) in [5.41, 5.74) is 1.13. The van der Waals surface area contributed by atoms with Gasteiger partial charge in [-0.2, -0.15) is 0 Å². The first-order valence-corrected chi connectivity index (χ1v) is 5.89. The van der Waals surface area contributed by atoms with E-state index in [0.717, 1.165) is 19.6 Å². The van der Waals surface area contributed by atoms with Crippen LogP contribution in [0.4, 0.5) is 0 Å². The third kappa shape index (κ3) is 5.33. The largest absolute Gasteiger partial charge is 0.472 e. The standard InChI is InChI=1S/C13H23NO2/c1-5-14-12(10-16-13(2,3)4)8-11-6-7-15-9-11/h6-7,9,12,14H,5,8,10H2,1-4H3.